The smallest absolute Gasteiger partial charge is 0.237 e. The lowest BCUT2D eigenvalue weighted by Gasteiger charge is -2.22. The van der Waals surface area contributed by atoms with E-state index in [1.54, 1.807) is 0 Å². The standard InChI is InChI=1S/C10H16N2O/c1-3-9-6-8(2)7-12(9)10(13)4-5-11/h8-9H,3-4,6-7H2,1-2H3. The number of nitrogens with zero attached hydrogens (tertiary/aromatic N) is 2. The third kappa shape index (κ3) is 2.21. The average Bonchev–Trinajstić information content (AvgIpc) is 2.47. The van der Waals surface area contributed by atoms with Gasteiger partial charge < -0.3 is 4.90 Å². The fourth-order valence-electron chi connectivity index (χ4n) is 2.01. The van der Waals surface area contributed by atoms with Crippen LogP contribution in [0.15, 0.2) is 0 Å². The number of amides is 1. The molecule has 1 saturated heterocycles. The van der Waals surface area contributed by atoms with Crippen molar-refractivity contribution in [1.29, 1.82) is 5.26 Å². The molecular formula is C10H16N2O. The average molecular weight is 180 g/mol. The van der Waals surface area contributed by atoms with Gasteiger partial charge in [-0.05, 0) is 18.8 Å². The number of hydrogen-bond acceptors (Lipinski definition) is 2. The first-order valence-corrected chi connectivity index (χ1v) is 4.85. The van der Waals surface area contributed by atoms with Gasteiger partial charge in [0.15, 0.2) is 0 Å². The van der Waals surface area contributed by atoms with Crippen molar-refractivity contribution in [2.45, 2.75) is 39.2 Å². The normalized spacial score (nSPS) is 27.3. The summed E-state index contributed by atoms with van der Waals surface area (Å²) in [5.41, 5.74) is 0. The maximum atomic E-state index is 11.5. The van der Waals surface area contributed by atoms with Crippen molar-refractivity contribution in [2.24, 2.45) is 5.92 Å². The van der Waals surface area contributed by atoms with Gasteiger partial charge in [-0.2, -0.15) is 5.26 Å². The molecule has 0 aliphatic carbocycles. The van der Waals surface area contributed by atoms with E-state index < -0.39 is 0 Å². The van der Waals surface area contributed by atoms with Gasteiger partial charge in [0.05, 0.1) is 6.07 Å². The van der Waals surface area contributed by atoms with E-state index in [-0.39, 0.29) is 12.3 Å². The molecule has 2 atom stereocenters. The third-order valence-electron chi connectivity index (χ3n) is 2.65. The second-order valence-corrected chi connectivity index (χ2v) is 3.78. The molecule has 0 aromatic carbocycles. The fraction of sp³-hybridized carbons (Fsp3) is 0.800. The lowest BCUT2D eigenvalue weighted by atomic mass is 10.1. The first kappa shape index (κ1) is 10.0. The molecule has 1 fully saturated rings. The maximum Gasteiger partial charge on any atom is 0.237 e. The van der Waals surface area contributed by atoms with Gasteiger partial charge in [-0.25, -0.2) is 0 Å². The molecule has 3 heteroatoms. The van der Waals surface area contributed by atoms with Gasteiger partial charge >= 0.3 is 0 Å². The van der Waals surface area contributed by atoms with Gasteiger partial charge in [0, 0.05) is 12.6 Å². The molecule has 2 unspecified atom stereocenters. The van der Waals surface area contributed by atoms with E-state index in [1.165, 1.54) is 0 Å². The number of carbonyl (C=O) groups excluding carboxylic acids is 1. The molecule has 0 N–H and O–H groups in total. The van der Waals surface area contributed by atoms with Crippen LogP contribution in [-0.2, 0) is 4.79 Å². The molecule has 0 aromatic heterocycles. The van der Waals surface area contributed by atoms with Gasteiger partial charge in [0.2, 0.25) is 5.91 Å². The van der Waals surface area contributed by atoms with E-state index in [1.807, 2.05) is 11.0 Å². The summed E-state index contributed by atoms with van der Waals surface area (Å²) in [5.74, 6) is 0.589. The minimum atomic E-state index is -0.00120. The lowest BCUT2D eigenvalue weighted by molar-refractivity contribution is -0.131. The molecule has 1 aliphatic heterocycles. The summed E-state index contributed by atoms with van der Waals surface area (Å²) < 4.78 is 0. The summed E-state index contributed by atoms with van der Waals surface area (Å²) in [6, 6.07) is 2.28. The molecule has 1 heterocycles. The van der Waals surface area contributed by atoms with Crippen LogP contribution in [0.2, 0.25) is 0 Å². The Kier molecular flexibility index (Phi) is 3.30. The van der Waals surface area contributed by atoms with E-state index in [2.05, 4.69) is 13.8 Å². The molecule has 0 bridgehead atoms. The molecule has 1 rings (SSSR count). The highest BCUT2D eigenvalue weighted by atomic mass is 16.2. The van der Waals surface area contributed by atoms with Crippen LogP contribution in [0.5, 0.6) is 0 Å². The molecule has 72 valence electrons. The van der Waals surface area contributed by atoms with E-state index in [4.69, 9.17) is 5.26 Å². The van der Waals surface area contributed by atoms with E-state index in [9.17, 15) is 4.79 Å². The minimum absolute atomic E-state index is 0.00120. The zero-order chi connectivity index (χ0) is 9.84. The molecule has 1 aliphatic rings. The van der Waals surface area contributed by atoms with Crippen molar-refractivity contribution in [3.8, 4) is 6.07 Å². The second kappa shape index (κ2) is 4.27. The largest absolute Gasteiger partial charge is 0.339 e. The van der Waals surface area contributed by atoms with Crippen LogP contribution < -0.4 is 0 Å². The number of rotatable bonds is 2. The summed E-state index contributed by atoms with van der Waals surface area (Å²) in [7, 11) is 0. The van der Waals surface area contributed by atoms with Gasteiger partial charge in [-0.15, -0.1) is 0 Å². The summed E-state index contributed by atoms with van der Waals surface area (Å²) >= 11 is 0. The molecule has 0 saturated carbocycles. The number of carbonyl (C=O) groups is 1. The monoisotopic (exact) mass is 180 g/mol. The fourth-order valence-corrected chi connectivity index (χ4v) is 2.01. The predicted octanol–water partition coefficient (Wildman–Crippen LogP) is 1.55. The Morgan fingerprint density at radius 1 is 1.69 bits per heavy atom. The Bertz CT molecular complexity index is 232. The highest BCUT2D eigenvalue weighted by Crippen LogP contribution is 2.25. The van der Waals surface area contributed by atoms with E-state index in [0.29, 0.717) is 12.0 Å². The van der Waals surface area contributed by atoms with Crippen molar-refractivity contribution in [1.82, 2.24) is 4.90 Å². The summed E-state index contributed by atoms with van der Waals surface area (Å²) in [4.78, 5) is 13.3. The number of nitriles is 1. The van der Waals surface area contributed by atoms with E-state index in [0.717, 1.165) is 19.4 Å². The van der Waals surface area contributed by atoms with Crippen LogP contribution in [0.25, 0.3) is 0 Å². The Labute approximate surface area is 79.3 Å². The zero-order valence-corrected chi connectivity index (χ0v) is 8.29. The predicted molar refractivity (Wildman–Crippen MR) is 49.8 cm³/mol. The van der Waals surface area contributed by atoms with Crippen LogP contribution in [0, 0.1) is 17.2 Å². The van der Waals surface area contributed by atoms with Crippen LogP contribution in [0.1, 0.15) is 33.1 Å². The minimum Gasteiger partial charge on any atom is -0.339 e. The SMILES string of the molecule is CCC1CC(C)CN1C(=O)CC#N. The first-order valence-electron chi connectivity index (χ1n) is 4.85. The van der Waals surface area contributed by atoms with Gasteiger partial charge in [-0.3, -0.25) is 4.79 Å². The van der Waals surface area contributed by atoms with Crippen molar-refractivity contribution in [2.75, 3.05) is 6.54 Å². The van der Waals surface area contributed by atoms with Crippen molar-refractivity contribution in [3.63, 3.8) is 0 Å². The van der Waals surface area contributed by atoms with Gasteiger partial charge in [0.1, 0.15) is 6.42 Å². The quantitative estimate of drug-likeness (QED) is 0.647. The van der Waals surface area contributed by atoms with Crippen molar-refractivity contribution in [3.05, 3.63) is 0 Å². The topological polar surface area (TPSA) is 44.1 Å². The molecule has 0 spiro atoms. The van der Waals surface area contributed by atoms with Gasteiger partial charge in [0.25, 0.3) is 0 Å². The molecule has 0 aromatic rings. The van der Waals surface area contributed by atoms with Gasteiger partial charge in [-0.1, -0.05) is 13.8 Å². The first-order chi connectivity index (χ1) is 6.19. The summed E-state index contributed by atoms with van der Waals surface area (Å²) in [6.07, 6.45) is 2.12. The van der Waals surface area contributed by atoms with Crippen molar-refractivity contribution < 1.29 is 4.79 Å². The lowest BCUT2D eigenvalue weighted by Crippen LogP contribution is -2.34. The Morgan fingerprint density at radius 2 is 2.38 bits per heavy atom. The Balaban J connectivity index is 2.58. The van der Waals surface area contributed by atoms with Crippen LogP contribution in [0.3, 0.4) is 0 Å². The summed E-state index contributed by atoms with van der Waals surface area (Å²) in [6.45, 7) is 5.08. The molecule has 13 heavy (non-hydrogen) atoms. The number of likely N-dealkylation sites (tertiary alicyclic amines) is 1. The zero-order valence-electron chi connectivity index (χ0n) is 8.29. The Morgan fingerprint density at radius 3 is 2.92 bits per heavy atom. The number of hydrogen-bond donors (Lipinski definition) is 0. The second-order valence-electron chi connectivity index (χ2n) is 3.78. The molecule has 3 nitrogen and oxygen atoms in total. The van der Waals surface area contributed by atoms with Crippen molar-refractivity contribution >= 4 is 5.91 Å². The van der Waals surface area contributed by atoms with Crippen LogP contribution >= 0.6 is 0 Å². The van der Waals surface area contributed by atoms with E-state index >= 15 is 0 Å². The highest BCUT2D eigenvalue weighted by molar-refractivity contribution is 5.78. The van der Waals surface area contributed by atoms with Crippen LogP contribution in [0.4, 0.5) is 0 Å². The molecule has 1 amide bonds. The third-order valence-corrected chi connectivity index (χ3v) is 2.65. The van der Waals surface area contributed by atoms with Crippen LogP contribution in [-0.4, -0.2) is 23.4 Å². The molecule has 0 radical (unpaired) electrons. The Hall–Kier alpha value is -1.04. The highest BCUT2D eigenvalue weighted by Gasteiger charge is 2.31. The summed E-state index contributed by atoms with van der Waals surface area (Å²) in [5, 5.41) is 8.42. The maximum absolute atomic E-state index is 11.5. The molecular weight excluding hydrogens is 164 g/mol.